The summed E-state index contributed by atoms with van der Waals surface area (Å²) in [6.07, 6.45) is 13.9. The molecule has 0 aromatic rings. The molecule has 0 aromatic heterocycles. The van der Waals surface area contributed by atoms with E-state index in [-0.39, 0.29) is 11.8 Å². The van der Waals surface area contributed by atoms with Crippen LogP contribution in [0.4, 0.5) is 0 Å². The Balaban J connectivity index is 3.19. The van der Waals surface area contributed by atoms with Gasteiger partial charge in [-0.3, -0.25) is 9.59 Å². The second-order valence-corrected chi connectivity index (χ2v) is 3.95. The topological polar surface area (TPSA) is 86.2 Å². The van der Waals surface area contributed by atoms with Gasteiger partial charge >= 0.3 is 0 Å². The fourth-order valence-electron chi connectivity index (χ4n) is 1.45. The molecule has 0 atom stereocenters. The minimum Gasteiger partial charge on any atom is -0.366 e. The smallest absolute Gasteiger partial charge is 0.241 e. The summed E-state index contributed by atoms with van der Waals surface area (Å²) in [4.78, 5) is 20.8. The van der Waals surface area contributed by atoms with Crippen LogP contribution in [0.5, 0.6) is 0 Å². The van der Waals surface area contributed by atoms with Crippen LogP contribution in [0.25, 0.3) is 0 Å². The van der Waals surface area contributed by atoms with Gasteiger partial charge in [-0.05, 0) is 37.8 Å². The van der Waals surface area contributed by atoms with E-state index in [1.165, 1.54) is 18.6 Å². The zero-order chi connectivity index (χ0) is 12.9. The summed E-state index contributed by atoms with van der Waals surface area (Å²) in [5.41, 5.74) is 9.92. The van der Waals surface area contributed by atoms with E-state index >= 15 is 0 Å². The minimum absolute atomic E-state index is 0.383. The molecule has 0 heterocycles. The van der Waals surface area contributed by atoms with Gasteiger partial charge in [-0.25, -0.2) is 0 Å². The predicted octanol–water partition coefficient (Wildman–Crippen LogP) is 1.80. The summed E-state index contributed by atoms with van der Waals surface area (Å²) in [6.45, 7) is 0. The first-order chi connectivity index (χ1) is 8.13. The van der Waals surface area contributed by atoms with Crippen molar-refractivity contribution in [1.82, 2.24) is 0 Å². The molecular formula is C13H22N2O2. The molecule has 2 amide bonds. The Labute approximate surface area is 103 Å². The Kier molecular flexibility index (Phi) is 9.91. The number of unbranched alkanes of at least 4 members (excludes halogenated alkanes) is 6. The number of primary amides is 2. The minimum atomic E-state index is -0.383. The highest BCUT2D eigenvalue weighted by Crippen LogP contribution is 2.07. The molecule has 0 aliphatic rings. The van der Waals surface area contributed by atoms with Crippen LogP contribution < -0.4 is 11.5 Å². The maximum atomic E-state index is 10.4. The monoisotopic (exact) mass is 238 g/mol. The molecule has 0 saturated heterocycles. The molecule has 0 aliphatic carbocycles. The lowest BCUT2D eigenvalue weighted by Crippen LogP contribution is -2.05. The maximum Gasteiger partial charge on any atom is 0.241 e. The van der Waals surface area contributed by atoms with Crippen molar-refractivity contribution < 1.29 is 9.59 Å². The first-order valence-electron chi connectivity index (χ1n) is 6.05. The van der Waals surface area contributed by atoms with Gasteiger partial charge in [0.15, 0.2) is 0 Å². The molecule has 4 N–H and O–H groups in total. The second-order valence-electron chi connectivity index (χ2n) is 3.95. The summed E-state index contributed by atoms with van der Waals surface area (Å²) < 4.78 is 0. The molecule has 0 saturated carbocycles. The van der Waals surface area contributed by atoms with Gasteiger partial charge in [0.2, 0.25) is 11.8 Å². The quantitative estimate of drug-likeness (QED) is 0.449. The second kappa shape index (κ2) is 10.9. The lowest BCUT2D eigenvalue weighted by Gasteiger charge is -1.97. The van der Waals surface area contributed by atoms with Crippen molar-refractivity contribution in [2.45, 2.75) is 44.9 Å². The van der Waals surface area contributed by atoms with Crippen LogP contribution in [-0.4, -0.2) is 11.8 Å². The number of nitrogens with two attached hydrogens (primary N) is 2. The van der Waals surface area contributed by atoms with E-state index in [4.69, 9.17) is 11.5 Å². The summed E-state index contributed by atoms with van der Waals surface area (Å²) >= 11 is 0. The third kappa shape index (κ3) is 14.4. The zero-order valence-corrected chi connectivity index (χ0v) is 10.2. The van der Waals surface area contributed by atoms with Crippen LogP contribution >= 0.6 is 0 Å². The Morgan fingerprint density at radius 2 is 1.06 bits per heavy atom. The highest BCUT2D eigenvalue weighted by molar-refractivity contribution is 5.85. The molecule has 4 heteroatoms. The normalized spacial score (nSPS) is 11.3. The first kappa shape index (κ1) is 15.4. The third-order valence-corrected chi connectivity index (χ3v) is 2.31. The van der Waals surface area contributed by atoms with Gasteiger partial charge in [-0.2, -0.15) is 0 Å². The Morgan fingerprint density at radius 1 is 0.706 bits per heavy atom. The SMILES string of the molecule is NC(=O)C=CCCCCCCCC=CC(N)=O. The van der Waals surface area contributed by atoms with Crippen molar-refractivity contribution in [2.75, 3.05) is 0 Å². The number of hydrogen-bond donors (Lipinski definition) is 2. The van der Waals surface area contributed by atoms with Crippen LogP contribution in [0, 0.1) is 0 Å². The standard InChI is InChI=1S/C13H22N2O2/c14-12(16)10-8-6-4-2-1-3-5-7-9-11-13(15)17/h8-11H,1-7H2,(H2,14,16)(H2,15,17). The highest BCUT2D eigenvalue weighted by Gasteiger charge is 1.90. The molecule has 0 aromatic carbocycles. The number of hydrogen-bond acceptors (Lipinski definition) is 2. The molecule has 0 radical (unpaired) electrons. The molecule has 17 heavy (non-hydrogen) atoms. The van der Waals surface area contributed by atoms with Gasteiger partial charge < -0.3 is 11.5 Å². The molecule has 0 aliphatic heterocycles. The van der Waals surface area contributed by atoms with Crippen molar-refractivity contribution in [3.63, 3.8) is 0 Å². The maximum absolute atomic E-state index is 10.4. The van der Waals surface area contributed by atoms with E-state index < -0.39 is 0 Å². The molecule has 0 fully saturated rings. The largest absolute Gasteiger partial charge is 0.366 e. The van der Waals surface area contributed by atoms with Crippen LogP contribution in [0.15, 0.2) is 24.3 Å². The molecule has 0 unspecified atom stereocenters. The fraction of sp³-hybridized carbons (Fsp3) is 0.538. The Morgan fingerprint density at radius 3 is 1.41 bits per heavy atom. The number of allylic oxidation sites excluding steroid dienone is 2. The summed E-state index contributed by atoms with van der Waals surface area (Å²) in [5, 5.41) is 0. The Hall–Kier alpha value is -1.58. The van der Waals surface area contributed by atoms with Crippen LogP contribution in [0.1, 0.15) is 44.9 Å². The lowest BCUT2D eigenvalue weighted by molar-refractivity contribution is -0.114. The van der Waals surface area contributed by atoms with Crippen LogP contribution in [0.2, 0.25) is 0 Å². The van der Waals surface area contributed by atoms with Gasteiger partial charge in [0.25, 0.3) is 0 Å². The van der Waals surface area contributed by atoms with Crippen LogP contribution in [-0.2, 0) is 9.59 Å². The molecule has 0 rings (SSSR count). The number of carbonyl (C=O) groups excluding carboxylic acids is 2. The van der Waals surface area contributed by atoms with E-state index in [0.717, 1.165) is 38.5 Å². The van der Waals surface area contributed by atoms with E-state index in [1.54, 1.807) is 0 Å². The van der Waals surface area contributed by atoms with Gasteiger partial charge in [-0.15, -0.1) is 0 Å². The summed E-state index contributed by atoms with van der Waals surface area (Å²) in [7, 11) is 0. The van der Waals surface area contributed by atoms with Gasteiger partial charge in [-0.1, -0.05) is 31.4 Å². The average Bonchev–Trinajstić information content (AvgIpc) is 2.25. The number of rotatable bonds is 10. The average molecular weight is 238 g/mol. The first-order valence-corrected chi connectivity index (χ1v) is 6.05. The Bertz CT molecular complexity index is 255. The van der Waals surface area contributed by atoms with E-state index in [9.17, 15) is 9.59 Å². The lowest BCUT2D eigenvalue weighted by atomic mass is 10.1. The zero-order valence-electron chi connectivity index (χ0n) is 10.2. The van der Waals surface area contributed by atoms with E-state index in [0.29, 0.717) is 0 Å². The van der Waals surface area contributed by atoms with Crippen molar-refractivity contribution in [3.8, 4) is 0 Å². The molecular weight excluding hydrogens is 216 g/mol. The predicted molar refractivity (Wildman–Crippen MR) is 69.0 cm³/mol. The molecule has 4 nitrogen and oxygen atoms in total. The molecule has 96 valence electrons. The summed E-state index contributed by atoms with van der Waals surface area (Å²) in [6, 6.07) is 0. The number of amides is 2. The van der Waals surface area contributed by atoms with Gasteiger partial charge in [0, 0.05) is 0 Å². The molecule has 0 spiro atoms. The van der Waals surface area contributed by atoms with Crippen molar-refractivity contribution in [3.05, 3.63) is 24.3 Å². The van der Waals surface area contributed by atoms with E-state index in [2.05, 4.69) is 0 Å². The summed E-state index contributed by atoms with van der Waals surface area (Å²) in [5.74, 6) is -0.766. The third-order valence-electron chi connectivity index (χ3n) is 2.31. The van der Waals surface area contributed by atoms with Crippen LogP contribution in [0.3, 0.4) is 0 Å². The van der Waals surface area contributed by atoms with Crippen molar-refractivity contribution >= 4 is 11.8 Å². The fourth-order valence-corrected chi connectivity index (χ4v) is 1.45. The van der Waals surface area contributed by atoms with Crippen molar-refractivity contribution in [2.24, 2.45) is 11.5 Å². The van der Waals surface area contributed by atoms with Crippen molar-refractivity contribution in [1.29, 1.82) is 0 Å². The van der Waals surface area contributed by atoms with E-state index in [1.807, 2.05) is 12.2 Å². The molecule has 0 bridgehead atoms. The van der Waals surface area contributed by atoms with Gasteiger partial charge in [0.05, 0.1) is 0 Å². The van der Waals surface area contributed by atoms with Gasteiger partial charge in [0.1, 0.15) is 0 Å². The highest BCUT2D eigenvalue weighted by atomic mass is 16.1. The number of carbonyl (C=O) groups is 2.